The molecule has 2 aromatic carbocycles. The molecule has 0 spiro atoms. The summed E-state index contributed by atoms with van der Waals surface area (Å²) in [5.74, 6) is -0.378. The van der Waals surface area contributed by atoms with Crippen molar-refractivity contribution in [2.24, 2.45) is 0 Å². The van der Waals surface area contributed by atoms with Crippen LogP contribution in [-0.2, 0) is 0 Å². The van der Waals surface area contributed by atoms with E-state index in [-0.39, 0.29) is 5.69 Å². The maximum absolute atomic E-state index is 12.6. The molecule has 1 aromatic heterocycles. The molecule has 0 saturated carbocycles. The standard InChI is InChI=1S/C19H17N3O5/c1-26-15-9-5-3-7-12(15)20-19(25)18-14(23)11-17(24)22(21-18)13-8-4-6-10-16(13)27-2/h3-11,23H,1-2H3,(H,20,25). The summed E-state index contributed by atoms with van der Waals surface area (Å²) >= 11 is 0. The highest BCUT2D eigenvalue weighted by Gasteiger charge is 2.19. The van der Waals surface area contributed by atoms with Crippen molar-refractivity contribution in [3.8, 4) is 22.9 Å². The van der Waals surface area contributed by atoms with E-state index in [1.165, 1.54) is 14.2 Å². The van der Waals surface area contributed by atoms with E-state index < -0.39 is 17.2 Å². The van der Waals surface area contributed by atoms with E-state index in [1.54, 1.807) is 48.5 Å². The lowest BCUT2D eigenvalue weighted by atomic mass is 10.2. The van der Waals surface area contributed by atoms with Crippen LogP contribution in [0.5, 0.6) is 17.2 Å². The van der Waals surface area contributed by atoms with Crippen molar-refractivity contribution in [2.45, 2.75) is 0 Å². The number of carbonyl (C=O) groups excluding carboxylic acids is 1. The van der Waals surface area contributed by atoms with Crippen LogP contribution in [-0.4, -0.2) is 35.0 Å². The number of aromatic hydroxyl groups is 1. The second kappa shape index (κ2) is 7.61. The van der Waals surface area contributed by atoms with E-state index in [0.29, 0.717) is 22.9 Å². The minimum Gasteiger partial charge on any atom is -0.505 e. The van der Waals surface area contributed by atoms with Crippen LogP contribution in [0.15, 0.2) is 59.4 Å². The molecule has 0 aliphatic heterocycles. The minimum atomic E-state index is -0.694. The van der Waals surface area contributed by atoms with Gasteiger partial charge < -0.3 is 19.9 Å². The molecule has 0 bridgehead atoms. The van der Waals surface area contributed by atoms with Crippen molar-refractivity contribution in [1.29, 1.82) is 0 Å². The molecular formula is C19H17N3O5. The predicted octanol–water partition coefficient (Wildman–Crippen LogP) is 2.21. The number of benzene rings is 2. The Morgan fingerprint density at radius 1 is 1.04 bits per heavy atom. The van der Waals surface area contributed by atoms with Crippen LogP contribution in [0, 0.1) is 0 Å². The van der Waals surface area contributed by atoms with E-state index in [1.807, 2.05) is 0 Å². The molecule has 3 aromatic rings. The number of methoxy groups -OCH3 is 2. The van der Waals surface area contributed by atoms with Gasteiger partial charge in [0, 0.05) is 6.07 Å². The van der Waals surface area contributed by atoms with E-state index in [4.69, 9.17) is 9.47 Å². The fourth-order valence-corrected chi connectivity index (χ4v) is 2.52. The molecule has 0 saturated heterocycles. The molecule has 8 nitrogen and oxygen atoms in total. The Balaban J connectivity index is 2.04. The predicted molar refractivity (Wildman–Crippen MR) is 99.0 cm³/mol. The number of carbonyl (C=O) groups is 1. The molecule has 0 aliphatic carbocycles. The SMILES string of the molecule is COc1ccccc1NC(=O)c1nn(-c2ccccc2OC)c(=O)cc1O. The summed E-state index contributed by atoms with van der Waals surface area (Å²) in [5, 5.41) is 16.7. The van der Waals surface area contributed by atoms with Gasteiger partial charge in [0.25, 0.3) is 11.5 Å². The summed E-state index contributed by atoms with van der Waals surface area (Å²) in [4.78, 5) is 24.9. The molecule has 0 unspecified atom stereocenters. The van der Waals surface area contributed by atoms with Crippen LogP contribution in [0.4, 0.5) is 5.69 Å². The Morgan fingerprint density at radius 2 is 1.67 bits per heavy atom. The number of para-hydroxylation sites is 4. The number of hydrogen-bond donors (Lipinski definition) is 2. The zero-order chi connectivity index (χ0) is 19.4. The number of nitrogens with zero attached hydrogens (tertiary/aromatic N) is 2. The first-order valence-corrected chi connectivity index (χ1v) is 7.96. The molecule has 0 radical (unpaired) electrons. The van der Waals surface area contributed by atoms with E-state index in [2.05, 4.69) is 10.4 Å². The van der Waals surface area contributed by atoms with Crippen LogP contribution < -0.4 is 20.3 Å². The molecule has 8 heteroatoms. The van der Waals surface area contributed by atoms with Gasteiger partial charge in [-0.3, -0.25) is 9.59 Å². The van der Waals surface area contributed by atoms with Gasteiger partial charge in [-0.15, -0.1) is 0 Å². The Kier molecular flexibility index (Phi) is 5.07. The maximum Gasteiger partial charge on any atom is 0.280 e. The van der Waals surface area contributed by atoms with Crippen molar-refractivity contribution < 1.29 is 19.4 Å². The number of amides is 1. The molecule has 1 amide bonds. The van der Waals surface area contributed by atoms with Crippen molar-refractivity contribution in [1.82, 2.24) is 9.78 Å². The van der Waals surface area contributed by atoms with Crippen molar-refractivity contribution in [2.75, 3.05) is 19.5 Å². The Morgan fingerprint density at radius 3 is 2.37 bits per heavy atom. The lowest BCUT2D eigenvalue weighted by Gasteiger charge is -2.13. The van der Waals surface area contributed by atoms with E-state index >= 15 is 0 Å². The molecule has 1 heterocycles. The molecule has 0 atom stereocenters. The zero-order valence-electron chi connectivity index (χ0n) is 14.7. The highest BCUT2D eigenvalue weighted by molar-refractivity contribution is 6.05. The third-order valence-electron chi connectivity index (χ3n) is 3.80. The number of nitrogens with one attached hydrogen (secondary N) is 1. The van der Waals surface area contributed by atoms with E-state index in [9.17, 15) is 14.7 Å². The fraction of sp³-hybridized carbons (Fsp3) is 0.105. The van der Waals surface area contributed by atoms with Crippen molar-refractivity contribution in [3.63, 3.8) is 0 Å². The Bertz CT molecular complexity index is 1050. The number of aromatic nitrogens is 2. The molecule has 0 aliphatic rings. The quantitative estimate of drug-likeness (QED) is 0.717. The highest BCUT2D eigenvalue weighted by atomic mass is 16.5. The zero-order valence-corrected chi connectivity index (χ0v) is 14.7. The van der Waals surface area contributed by atoms with Gasteiger partial charge in [0.15, 0.2) is 11.4 Å². The average Bonchev–Trinajstić information content (AvgIpc) is 2.68. The summed E-state index contributed by atoms with van der Waals surface area (Å²) in [6.45, 7) is 0. The summed E-state index contributed by atoms with van der Waals surface area (Å²) in [5.41, 5.74) is -0.171. The van der Waals surface area contributed by atoms with Gasteiger partial charge in [-0.25, -0.2) is 0 Å². The molecule has 27 heavy (non-hydrogen) atoms. The van der Waals surface area contributed by atoms with Crippen LogP contribution in [0.3, 0.4) is 0 Å². The summed E-state index contributed by atoms with van der Waals surface area (Å²) in [6.07, 6.45) is 0. The Hall–Kier alpha value is -3.81. The van der Waals surface area contributed by atoms with Gasteiger partial charge in [-0.2, -0.15) is 9.78 Å². The minimum absolute atomic E-state index is 0.314. The van der Waals surface area contributed by atoms with Gasteiger partial charge in [-0.05, 0) is 24.3 Å². The van der Waals surface area contributed by atoms with Gasteiger partial charge in [0.2, 0.25) is 0 Å². The first kappa shape index (κ1) is 18.0. The van der Waals surface area contributed by atoms with Crippen LogP contribution in [0.25, 0.3) is 5.69 Å². The van der Waals surface area contributed by atoms with Crippen molar-refractivity contribution >= 4 is 11.6 Å². The van der Waals surface area contributed by atoms with Gasteiger partial charge in [-0.1, -0.05) is 24.3 Å². The van der Waals surface area contributed by atoms with Crippen LogP contribution in [0.1, 0.15) is 10.5 Å². The van der Waals surface area contributed by atoms with E-state index in [0.717, 1.165) is 10.7 Å². The van der Waals surface area contributed by atoms with Crippen LogP contribution in [0.2, 0.25) is 0 Å². The molecular weight excluding hydrogens is 350 g/mol. The number of anilines is 1. The second-order valence-corrected chi connectivity index (χ2v) is 5.45. The normalized spacial score (nSPS) is 10.3. The Labute approximate surface area is 154 Å². The van der Waals surface area contributed by atoms with Gasteiger partial charge >= 0.3 is 0 Å². The second-order valence-electron chi connectivity index (χ2n) is 5.45. The topological polar surface area (TPSA) is 103 Å². The molecule has 2 N–H and O–H groups in total. The van der Waals surface area contributed by atoms with Crippen LogP contribution >= 0.6 is 0 Å². The largest absolute Gasteiger partial charge is 0.505 e. The lowest BCUT2D eigenvalue weighted by Crippen LogP contribution is -2.25. The third kappa shape index (κ3) is 3.59. The van der Waals surface area contributed by atoms with Gasteiger partial charge in [0.1, 0.15) is 17.2 Å². The summed E-state index contributed by atoms with van der Waals surface area (Å²) in [7, 11) is 2.93. The number of hydrogen-bond acceptors (Lipinski definition) is 6. The average molecular weight is 367 g/mol. The maximum atomic E-state index is 12.6. The number of ether oxygens (including phenoxy) is 2. The molecule has 138 valence electrons. The fourth-order valence-electron chi connectivity index (χ4n) is 2.52. The highest BCUT2D eigenvalue weighted by Crippen LogP contribution is 2.25. The summed E-state index contributed by atoms with van der Waals surface area (Å²) < 4.78 is 11.4. The monoisotopic (exact) mass is 367 g/mol. The molecule has 0 fully saturated rings. The first-order valence-electron chi connectivity index (χ1n) is 7.96. The first-order chi connectivity index (χ1) is 13.0. The third-order valence-corrected chi connectivity index (χ3v) is 3.80. The molecule has 3 rings (SSSR count). The lowest BCUT2D eigenvalue weighted by molar-refractivity contribution is 0.101. The van der Waals surface area contributed by atoms with Crippen molar-refractivity contribution in [3.05, 3.63) is 70.6 Å². The summed E-state index contributed by atoms with van der Waals surface area (Å²) in [6, 6.07) is 14.4. The van der Waals surface area contributed by atoms with Gasteiger partial charge in [0.05, 0.1) is 19.9 Å². The number of rotatable bonds is 5. The smallest absolute Gasteiger partial charge is 0.280 e.